The second-order valence-corrected chi connectivity index (χ2v) is 8.10. The maximum Gasteiger partial charge on any atom is 0.271 e. The molecule has 6 nitrogen and oxygen atoms in total. The number of nitrogens with zero attached hydrogens (tertiary/aromatic N) is 2. The van der Waals surface area contributed by atoms with Gasteiger partial charge in [-0.15, -0.1) is 0 Å². The smallest absolute Gasteiger partial charge is 0.271 e. The Hall–Kier alpha value is -3.15. The van der Waals surface area contributed by atoms with E-state index in [0.29, 0.717) is 16.9 Å². The number of rotatable bonds is 3. The van der Waals surface area contributed by atoms with Gasteiger partial charge in [0.15, 0.2) is 0 Å². The summed E-state index contributed by atoms with van der Waals surface area (Å²) in [5.74, 6) is -0.726. The van der Waals surface area contributed by atoms with Gasteiger partial charge in [-0.25, -0.2) is 0 Å². The van der Waals surface area contributed by atoms with Gasteiger partial charge < -0.3 is 10.2 Å². The van der Waals surface area contributed by atoms with Crippen molar-refractivity contribution in [1.82, 2.24) is 4.90 Å². The van der Waals surface area contributed by atoms with E-state index in [2.05, 4.69) is 5.32 Å². The van der Waals surface area contributed by atoms with Crippen molar-refractivity contribution in [1.29, 1.82) is 0 Å². The van der Waals surface area contributed by atoms with Crippen LogP contribution in [0, 0.1) is 13.8 Å². The highest BCUT2D eigenvalue weighted by Crippen LogP contribution is 2.45. The van der Waals surface area contributed by atoms with Crippen LogP contribution >= 0.6 is 0 Å². The van der Waals surface area contributed by atoms with E-state index in [4.69, 9.17) is 0 Å². The third-order valence-electron chi connectivity index (χ3n) is 5.81. The largest absolute Gasteiger partial charge is 0.322 e. The summed E-state index contributed by atoms with van der Waals surface area (Å²) in [6.07, 6.45) is 0.478. The van der Waals surface area contributed by atoms with Crippen molar-refractivity contribution in [3.63, 3.8) is 0 Å². The zero-order valence-corrected chi connectivity index (χ0v) is 17.2. The Kier molecular flexibility index (Phi) is 4.45. The molecule has 2 aromatic rings. The van der Waals surface area contributed by atoms with Gasteiger partial charge >= 0.3 is 0 Å². The molecule has 29 heavy (non-hydrogen) atoms. The molecule has 0 spiro atoms. The molecule has 0 aromatic heterocycles. The first-order valence-corrected chi connectivity index (χ1v) is 9.92. The highest BCUT2D eigenvalue weighted by atomic mass is 16.2. The first kappa shape index (κ1) is 19.2. The zero-order valence-electron chi connectivity index (χ0n) is 17.2. The Morgan fingerprint density at radius 1 is 1.10 bits per heavy atom. The van der Waals surface area contributed by atoms with E-state index in [1.54, 1.807) is 29.2 Å². The van der Waals surface area contributed by atoms with Gasteiger partial charge in [-0.2, -0.15) is 0 Å². The second kappa shape index (κ2) is 6.72. The van der Waals surface area contributed by atoms with Crippen LogP contribution in [0.4, 0.5) is 11.4 Å². The molecule has 150 valence electrons. The lowest BCUT2D eigenvalue weighted by molar-refractivity contribution is -0.129. The van der Waals surface area contributed by atoms with Gasteiger partial charge in [0.25, 0.3) is 11.8 Å². The lowest BCUT2D eigenvalue weighted by Crippen LogP contribution is -2.70. The third kappa shape index (κ3) is 2.74. The van der Waals surface area contributed by atoms with Gasteiger partial charge in [0.1, 0.15) is 0 Å². The summed E-state index contributed by atoms with van der Waals surface area (Å²) in [6.45, 7) is 7.67. The highest BCUT2D eigenvalue weighted by molar-refractivity contribution is 6.18. The number of fused-ring (bicyclic) bond motifs is 3. The van der Waals surface area contributed by atoms with Crippen molar-refractivity contribution in [3.8, 4) is 0 Å². The fraction of sp³-hybridized carbons (Fsp3) is 0.348. The van der Waals surface area contributed by atoms with Gasteiger partial charge in [0, 0.05) is 24.6 Å². The Morgan fingerprint density at radius 2 is 1.83 bits per heavy atom. The summed E-state index contributed by atoms with van der Waals surface area (Å²) in [5, 5.41) is 3.00. The minimum Gasteiger partial charge on any atom is -0.322 e. The Labute approximate surface area is 170 Å². The number of aryl methyl sites for hydroxylation is 2. The van der Waals surface area contributed by atoms with Crippen molar-refractivity contribution in [2.75, 3.05) is 10.2 Å². The molecule has 0 bridgehead atoms. The number of amides is 3. The SMILES string of the molecule is Cc1ccc(NC(=O)[C@]23CCC(=O)N2c2ccccc2C(=O)N3C(C)C)c(C)c1. The summed E-state index contributed by atoms with van der Waals surface area (Å²) in [7, 11) is 0. The van der Waals surface area contributed by atoms with Crippen LogP contribution in [0.25, 0.3) is 0 Å². The zero-order chi connectivity index (χ0) is 20.9. The van der Waals surface area contributed by atoms with Crippen LogP contribution in [0.2, 0.25) is 0 Å². The third-order valence-corrected chi connectivity index (χ3v) is 5.81. The number of anilines is 2. The Balaban J connectivity index is 1.86. The fourth-order valence-electron chi connectivity index (χ4n) is 4.58. The number of hydrogen-bond acceptors (Lipinski definition) is 3. The lowest BCUT2D eigenvalue weighted by atomic mass is 9.93. The lowest BCUT2D eigenvalue weighted by Gasteiger charge is -2.50. The van der Waals surface area contributed by atoms with Crippen molar-refractivity contribution in [2.45, 2.75) is 52.2 Å². The van der Waals surface area contributed by atoms with Crippen molar-refractivity contribution >= 4 is 29.1 Å². The van der Waals surface area contributed by atoms with Crippen LogP contribution in [0.1, 0.15) is 48.2 Å². The van der Waals surface area contributed by atoms with Crippen LogP contribution in [0.15, 0.2) is 42.5 Å². The van der Waals surface area contributed by atoms with Crippen LogP contribution < -0.4 is 10.2 Å². The minimum absolute atomic E-state index is 0.147. The molecule has 1 saturated heterocycles. The monoisotopic (exact) mass is 391 g/mol. The van der Waals surface area contributed by atoms with E-state index in [1.807, 2.05) is 45.9 Å². The summed E-state index contributed by atoms with van der Waals surface area (Å²) in [5.41, 5.74) is 2.31. The predicted molar refractivity (Wildman–Crippen MR) is 112 cm³/mol. The quantitative estimate of drug-likeness (QED) is 0.869. The minimum atomic E-state index is -1.37. The van der Waals surface area contributed by atoms with Crippen molar-refractivity contribution in [2.24, 2.45) is 0 Å². The van der Waals surface area contributed by atoms with E-state index >= 15 is 0 Å². The van der Waals surface area contributed by atoms with E-state index in [0.717, 1.165) is 11.1 Å². The molecule has 3 amide bonds. The molecule has 1 atom stereocenters. The molecule has 0 radical (unpaired) electrons. The number of hydrogen-bond donors (Lipinski definition) is 1. The van der Waals surface area contributed by atoms with Crippen LogP contribution in [-0.4, -0.2) is 34.3 Å². The van der Waals surface area contributed by atoms with E-state index in [-0.39, 0.29) is 36.6 Å². The molecular weight excluding hydrogens is 366 g/mol. The van der Waals surface area contributed by atoms with Crippen LogP contribution in [-0.2, 0) is 9.59 Å². The molecule has 1 N–H and O–H groups in total. The molecule has 6 heteroatoms. The van der Waals surface area contributed by atoms with Gasteiger partial charge in [0.2, 0.25) is 11.6 Å². The van der Waals surface area contributed by atoms with Gasteiger partial charge in [0.05, 0.1) is 11.3 Å². The molecule has 2 aliphatic rings. The number of carbonyl (C=O) groups excluding carboxylic acids is 3. The number of carbonyl (C=O) groups is 3. The first-order chi connectivity index (χ1) is 13.8. The highest BCUT2D eigenvalue weighted by Gasteiger charge is 2.61. The summed E-state index contributed by atoms with van der Waals surface area (Å²) in [6, 6.07) is 12.5. The molecule has 0 aliphatic carbocycles. The van der Waals surface area contributed by atoms with Gasteiger partial charge in [-0.3, -0.25) is 19.3 Å². The molecule has 1 fully saturated rings. The maximum absolute atomic E-state index is 13.7. The predicted octanol–water partition coefficient (Wildman–Crippen LogP) is 3.63. The van der Waals surface area contributed by atoms with Crippen molar-refractivity contribution in [3.05, 3.63) is 59.2 Å². The van der Waals surface area contributed by atoms with Gasteiger partial charge in [-0.1, -0.05) is 29.8 Å². The average molecular weight is 391 g/mol. The van der Waals surface area contributed by atoms with Gasteiger partial charge in [-0.05, 0) is 51.5 Å². The normalized spacial score (nSPS) is 20.7. The topological polar surface area (TPSA) is 69.7 Å². The maximum atomic E-state index is 13.7. The average Bonchev–Trinajstić information content (AvgIpc) is 3.02. The second-order valence-electron chi connectivity index (χ2n) is 8.10. The summed E-state index contributed by atoms with van der Waals surface area (Å²) in [4.78, 5) is 43.1. The Morgan fingerprint density at radius 3 is 2.52 bits per heavy atom. The van der Waals surface area contributed by atoms with E-state index < -0.39 is 5.66 Å². The number of para-hydroxylation sites is 1. The summed E-state index contributed by atoms with van der Waals surface area (Å²) < 4.78 is 0. The fourth-order valence-corrected chi connectivity index (χ4v) is 4.58. The molecule has 4 rings (SSSR count). The molecule has 2 heterocycles. The van der Waals surface area contributed by atoms with Crippen LogP contribution in [0.5, 0.6) is 0 Å². The molecule has 0 saturated carbocycles. The standard InChI is InChI=1S/C23H25N3O3/c1-14(2)25-21(28)17-7-5-6-8-19(17)26-20(27)11-12-23(25,26)22(29)24-18-10-9-15(3)13-16(18)4/h5-10,13-14H,11-12H2,1-4H3,(H,24,29)/t23-/m0/s1. The van der Waals surface area contributed by atoms with Crippen molar-refractivity contribution < 1.29 is 14.4 Å². The number of nitrogens with one attached hydrogen (secondary N) is 1. The van der Waals surface area contributed by atoms with Crippen LogP contribution in [0.3, 0.4) is 0 Å². The van der Waals surface area contributed by atoms with E-state index in [1.165, 1.54) is 4.90 Å². The number of benzene rings is 2. The summed E-state index contributed by atoms with van der Waals surface area (Å²) >= 11 is 0. The molecule has 0 unspecified atom stereocenters. The molecular formula is C23H25N3O3. The first-order valence-electron chi connectivity index (χ1n) is 9.92. The molecule has 2 aliphatic heterocycles. The van der Waals surface area contributed by atoms with E-state index in [9.17, 15) is 14.4 Å². The Bertz CT molecular complexity index is 1030. The molecule has 2 aromatic carbocycles.